The SMILES string of the molecule is Cc1cc(O)c(C=NC(C)C)c(OCC(=O)Nc2cc([C@H]3CC[C@@H](OC(=O)NC4(C)CC4)C3)[nH]n2)c1. The van der Waals surface area contributed by atoms with Crippen molar-refractivity contribution in [2.45, 2.75) is 83.4 Å². The van der Waals surface area contributed by atoms with Crippen molar-refractivity contribution < 1.29 is 24.2 Å². The molecule has 10 nitrogen and oxygen atoms in total. The van der Waals surface area contributed by atoms with E-state index in [1.54, 1.807) is 24.4 Å². The summed E-state index contributed by atoms with van der Waals surface area (Å²) in [5.41, 5.74) is 2.03. The number of hydrogen-bond acceptors (Lipinski definition) is 7. The first-order valence-corrected chi connectivity index (χ1v) is 12.4. The number of H-pyrrole nitrogens is 1. The van der Waals surface area contributed by atoms with Gasteiger partial charge in [0.15, 0.2) is 12.4 Å². The van der Waals surface area contributed by atoms with Crippen LogP contribution in [0.5, 0.6) is 11.5 Å². The molecule has 0 unspecified atom stereocenters. The maximum atomic E-state index is 12.5. The predicted molar refractivity (Wildman–Crippen MR) is 136 cm³/mol. The van der Waals surface area contributed by atoms with Crippen molar-refractivity contribution in [3.63, 3.8) is 0 Å². The lowest BCUT2D eigenvalue weighted by Crippen LogP contribution is -2.36. The van der Waals surface area contributed by atoms with Crippen molar-refractivity contribution >= 4 is 24.0 Å². The van der Waals surface area contributed by atoms with Gasteiger partial charge in [0.05, 0.1) is 5.56 Å². The molecule has 0 saturated heterocycles. The van der Waals surface area contributed by atoms with Crippen LogP contribution in [0.25, 0.3) is 0 Å². The van der Waals surface area contributed by atoms with E-state index in [9.17, 15) is 14.7 Å². The highest BCUT2D eigenvalue weighted by molar-refractivity contribution is 5.92. The van der Waals surface area contributed by atoms with Gasteiger partial charge < -0.3 is 25.2 Å². The topological polar surface area (TPSA) is 138 Å². The molecule has 4 rings (SSSR count). The molecule has 10 heteroatoms. The number of anilines is 1. The molecule has 1 aromatic carbocycles. The Balaban J connectivity index is 1.28. The number of phenolic OH excluding ortho intramolecular Hbond substituents is 1. The van der Waals surface area contributed by atoms with Crippen LogP contribution in [0.1, 0.15) is 75.6 Å². The number of rotatable bonds is 9. The Morgan fingerprint density at radius 3 is 2.81 bits per heavy atom. The first-order valence-electron chi connectivity index (χ1n) is 12.4. The van der Waals surface area contributed by atoms with Crippen LogP contribution in [0.15, 0.2) is 23.2 Å². The molecule has 194 valence electrons. The number of aliphatic imine (C=N–C) groups is 1. The summed E-state index contributed by atoms with van der Waals surface area (Å²) in [6.45, 7) is 7.46. The lowest BCUT2D eigenvalue weighted by atomic mass is 10.0. The van der Waals surface area contributed by atoms with Gasteiger partial charge in [-0.1, -0.05) is 0 Å². The lowest BCUT2D eigenvalue weighted by Gasteiger charge is -2.16. The fourth-order valence-electron chi connectivity index (χ4n) is 4.22. The van der Waals surface area contributed by atoms with Gasteiger partial charge in [-0.3, -0.25) is 14.9 Å². The molecule has 2 fully saturated rings. The van der Waals surface area contributed by atoms with Crippen molar-refractivity contribution in [1.82, 2.24) is 15.5 Å². The zero-order valence-electron chi connectivity index (χ0n) is 21.3. The van der Waals surface area contributed by atoms with Gasteiger partial charge in [-0.2, -0.15) is 5.10 Å². The van der Waals surface area contributed by atoms with Crippen LogP contribution in [0.2, 0.25) is 0 Å². The largest absolute Gasteiger partial charge is 0.507 e. The molecular weight excluding hydrogens is 462 g/mol. The van der Waals surface area contributed by atoms with Gasteiger partial charge in [0, 0.05) is 35.5 Å². The van der Waals surface area contributed by atoms with Crippen molar-refractivity contribution in [2.24, 2.45) is 4.99 Å². The zero-order valence-corrected chi connectivity index (χ0v) is 21.3. The minimum Gasteiger partial charge on any atom is -0.507 e. The number of alkyl carbamates (subject to hydrolysis) is 1. The molecule has 0 bridgehead atoms. The Morgan fingerprint density at radius 1 is 1.31 bits per heavy atom. The van der Waals surface area contributed by atoms with Gasteiger partial charge in [-0.15, -0.1) is 0 Å². The maximum absolute atomic E-state index is 12.5. The van der Waals surface area contributed by atoms with E-state index < -0.39 is 0 Å². The third-order valence-corrected chi connectivity index (χ3v) is 6.49. The molecule has 4 N–H and O–H groups in total. The molecular formula is C26H35N5O5. The number of amides is 2. The number of nitrogens with one attached hydrogen (secondary N) is 3. The number of carbonyl (C=O) groups excluding carboxylic acids is 2. The first-order chi connectivity index (χ1) is 17.1. The van der Waals surface area contributed by atoms with Crippen molar-refractivity contribution in [3.8, 4) is 11.5 Å². The number of ether oxygens (including phenoxy) is 2. The number of phenols is 1. The fourth-order valence-corrected chi connectivity index (χ4v) is 4.22. The van der Waals surface area contributed by atoms with E-state index >= 15 is 0 Å². The Kier molecular flexibility index (Phi) is 7.51. The molecule has 2 aliphatic carbocycles. The molecule has 0 aliphatic heterocycles. The van der Waals surface area contributed by atoms with E-state index in [-0.39, 0.29) is 48.0 Å². The summed E-state index contributed by atoms with van der Waals surface area (Å²) >= 11 is 0. The molecule has 1 heterocycles. The summed E-state index contributed by atoms with van der Waals surface area (Å²) < 4.78 is 11.3. The molecule has 2 atom stereocenters. The third-order valence-electron chi connectivity index (χ3n) is 6.49. The van der Waals surface area contributed by atoms with Crippen LogP contribution < -0.4 is 15.4 Å². The summed E-state index contributed by atoms with van der Waals surface area (Å²) in [4.78, 5) is 28.9. The summed E-state index contributed by atoms with van der Waals surface area (Å²) in [6.07, 6.45) is 5.42. The van der Waals surface area contributed by atoms with E-state index in [0.29, 0.717) is 23.6 Å². The van der Waals surface area contributed by atoms with Crippen LogP contribution in [-0.2, 0) is 9.53 Å². The molecule has 0 radical (unpaired) electrons. The number of carbonyl (C=O) groups is 2. The highest BCUT2D eigenvalue weighted by Crippen LogP contribution is 2.37. The molecule has 1 aromatic heterocycles. The molecule has 2 amide bonds. The van der Waals surface area contributed by atoms with Crippen molar-refractivity contribution in [3.05, 3.63) is 35.0 Å². The Morgan fingerprint density at radius 2 is 2.08 bits per heavy atom. The number of aromatic hydroxyl groups is 1. The fraction of sp³-hybridized carbons (Fsp3) is 0.538. The molecule has 2 aliphatic rings. The minimum absolute atomic E-state index is 0.0461. The van der Waals surface area contributed by atoms with E-state index in [1.807, 2.05) is 27.7 Å². The molecule has 0 spiro atoms. The van der Waals surface area contributed by atoms with Crippen LogP contribution in [0.3, 0.4) is 0 Å². The van der Waals surface area contributed by atoms with Crippen LogP contribution in [0, 0.1) is 6.92 Å². The summed E-state index contributed by atoms with van der Waals surface area (Å²) in [7, 11) is 0. The van der Waals surface area contributed by atoms with E-state index in [1.165, 1.54) is 0 Å². The van der Waals surface area contributed by atoms with Crippen LogP contribution >= 0.6 is 0 Å². The molecule has 2 saturated carbocycles. The normalized spacial score (nSPS) is 20.5. The average Bonchev–Trinajstić information content (AvgIpc) is 3.16. The summed E-state index contributed by atoms with van der Waals surface area (Å²) in [6, 6.07) is 5.24. The van der Waals surface area contributed by atoms with Crippen LogP contribution in [0.4, 0.5) is 10.6 Å². The Bertz CT molecular complexity index is 1140. The average molecular weight is 498 g/mol. The third kappa shape index (κ3) is 6.77. The summed E-state index contributed by atoms with van der Waals surface area (Å²) in [5, 5.41) is 23.1. The lowest BCUT2D eigenvalue weighted by molar-refractivity contribution is -0.118. The van der Waals surface area contributed by atoms with Gasteiger partial charge in [-0.05, 0) is 77.5 Å². The second-order valence-corrected chi connectivity index (χ2v) is 10.3. The Hall–Kier alpha value is -3.56. The monoisotopic (exact) mass is 497 g/mol. The maximum Gasteiger partial charge on any atom is 0.407 e. The number of aromatic amines is 1. The number of benzene rings is 1. The predicted octanol–water partition coefficient (Wildman–Crippen LogP) is 4.18. The Labute approximate surface area is 210 Å². The van der Waals surface area contributed by atoms with Gasteiger partial charge in [0.1, 0.15) is 17.6 Å². The first kappa shape index (κ1) is 25.5. The van der Waals surface area contributed by atoms with Gasteiger partial charge >= 0.3 is 6.09 Å². The van der Waals surface area contributed by atoms with Gasteiger partial charge in [0.25, 0.3) is 5.91 Å². The van der Waals surface area contributed by atoms with Gasteiger partial charge in [-0.25, -0.2) is 4.79 Å². The van der Waals surface area contributed by atoms with Crippen LogP contribution in [-0.4, -0.2) is 57.8 Å². The number of aryl methyl sites for hydroxylation is 1. The highest BCUT2D eigenvalue weighted by atomic mass is 16.6. The summed E-state index contributed by atoms with van der Waals surface area (Å²) in [5.74, 6) is 0.623. The van der Waals surface area contributed by atoms with E-state index in [0.717, 1.165) is 36.9 Å². The van der Waals surface area contributed by atoms with Gasteiger partial charge in [0.2, 0.25) is 0 Å². The van der Waals surface area contributed by atoms with Crippen molar-refractivity contribution in [1.29, 1.82) is 0 Å². The minimum atomic E-state index is -0.376. The number of aromatic nitrogens is 2. The zero-order chi connectivity index (χ0) is 25.9. The highest BCUT2D eigenvalue weighted by Gasteiger charge is 2.40. The second kappa shape index (κ2) is 10.6. The second-order valence-electron chi connectivity index (χ2n) is 10.3. The molecule has 2 aromatic rings. The van der Waals surface area contributed by atoms with E-state index in [4.69, 9.17) is 9.47 Å². The standard InChI is InChI=1S/C26H35N5O5/c1-15(2)27-13-19-21(32)9-16(3)10-22(19)35-14-24(33)28-23-12-20(30-31-23)17-5-6-18(11-17)36-25(34)29-26(4)7-8-26/h9-10,12-13,15,17-18,32H,5-8,11,14H2,1-4H3,(H,29,34)(H2,28,30,31,33)/t17-,18+/m0/s1. The number of hydrogen-bond donors (Lipinski definition) is 4. The molecule has 36 heavy (non-hydrogen) atoms. The quantitative estimate of drug-likeness (QED) is 0.384. The smallest absolute Gasteiger partial charge is 0.407 e. The van der Waals surface area contributed by atoms with E-state index in [2.05, 4.69) is 25.8 Å². The number of nitrogens with zero attached hydrogens (tertiary/aromatic N) is 2. The van der Waals surface area contributed by atoms with Crippen molar-refractivity contribution in [2.75, 3.05) is 11.9 Å².